The van der Waals surface area contributed by atoms with E-state index in [0.717, 1.165) is 44.9 Å². The summed E-state index contributed by atoms with van der Waals surface area (Å²) in [6.45, 7) is 1.02. The van der Waals surface area contributed by atoms with E-state index >= 15 is 0 Å². The number of hydrogen-bond donors (Lipinski definition) is 4. The quantitative estimate of drug-likeness (QED) is 0.365. The topological polar surface area (TPSA) is 185 Å². The standard InChI is InChI=1S/C17H25N3O2.C2H6O6S2/c18-9-14-2-1-3-20(14)15(21)10-19-16-5-12-4-13(6-16)8-17(22,7-12)11-16;3-9(4,5)1-2-10(6,7)8/h12-14,19,22H,1-8,10-11H2;1-2H2,(H,3,4,5)(H,6,7,8)/t12?,13?,14-,16?,17?;/m0./s1. The minimum atomic E-state index is -4.30. The summed E-state index contributed by atoms with van der Waals surface area (Å²) >= 11 is 0. The number of nitrogens with zero attached hydrogens (tertiary/aromatic N) is 2. The van der Waals surface area contributed by atoms with Crippen LogP contribution in [-0.4, -0.2) is 83.6 Å². The highest BCUT2D eigenvalue weighted by atomic mass is 32.2. The van der Waals surface area contributed by atoms with Gasteiger partial charge in [-0.1, -0.05) is 0 Å². The van der Waals surface area contributed by atoms with Gasteiger partial charge in [0.05, 0.1) is 29.7 Å². The van der Waals surface area contributed by atoms with Gasteiger partial charge < -0.3 is 15.3 Å². The highest BCUT2D eigenvalue weighted by molar-refractivity contribution is 7.89. The Labute approximate surface area is 188 Å². The smallest absolute Gasteiger partial charge is 0.265 e. The maximum absolute atomic E-state index is 12.4. The van der Waals surface area contributed by atoms with Crippen molar-refractivity contribution < 1.29 is 35.8 Å². The number of amides is 1. The Bertz CT molecular complexity index is 929. The molecule has 182 valence electrons. The molecule has 0 aromatic heterocycles. The number of hydrogen-bond acceptors (Lipinski definition) is 8. The molecule has 4 saturated carbocycles. The first-order valence-electron chi connectivity index (χ1n) is 10.8. The third kappa shape index (κ3) is 6.61. The fourth-order valence-electron chi connectivity index (χ4n) is 6.20. The Morgan fingerprint density at radius 1 is 1.06 bits per heavy atom. The normalized spacial score (nSPS) is 35.8. The van der Waals surface area contributed by atoms with E-state index in [1.807, 2.05) is 0 Å². The number of nitriles is 1. The lowest BCUT2D eigenvalue weighted by Crippen LogP contribution is -2.65. The van der Waals surface area contributed by atoms with E-state index in [1.165, 1.54) is 6.42 Å². The van der Waals surface area contributed by atoms with Crippen LogP contribution in [0.25, 0.3) is 0 Å². The van der Waals surface area contributed by atoms with Gasteiger partial charge in [-0.05, 0) is 63.2 Å². The molecule has 5 aliphatic rings. The molecule has 32 heavy (non-hydrogen) atoms. The highest BCUT2D eigenvalue weighted by Crippen LogP contribution is 2.57. The number of carbonyl (C=O) groups is 1. The van der Waals surface area contributed by atoms with E-state index in [1.54, 1.807) is 4.90 Å². The van der Waals surface area contributed by atoms with Crippen LogP contribution in [0.2, 0.25) is 0 Å². The molecular weight excluding hydrogens is 462 g/mol. The molecular formula is C19H31N3O8S2. The van der Waals surface area contributed by atoms with Gasteiger partial charge in [0.15, 0.2) is 0 Å². The van der Waals surface area contributed by atoms with Crippen LogP contribution < -0.4 is 5.32 Å². The summed E-state index contributed by atoms with van der Waals surface area (Å²) in [5.74, 6) is -0.677. The molecule has 11 nitrogen and oxygen atoms in total. The highest BCUT2D eigenvalue weighted by Gasteiger charge is 2.57. The van der Waals surface area contributed by atoms with Crippen molar-refractivity contribution in [3.8, 4) is 6.07 Å². The van der Waals surface area contributed by atoms with Gasteiger partial charge in [-0.3, -0.25) is 13.9 Å². The van der Waals surface area contributed by atoms with Gasteiger partial charge in [0.1, 0.15) is 6.04 Å². The van der Waals surface area contributed by atoms with Gasteiger partial charge in [-0.15, -0.1) is 0 Å². The molecule has 4 bridgehead atoms. The Hall–Kier alpha value is -1.30. The number of nitrogens with one attached hydrogen (secondary N) is 1. The maximum Gasteiger partial charge on any atom is 0.265 e. The fraction of sp³-hybridized carbons (Fsp3) is 0.895. The summed E-state index contributed by atoms with van der Waals surface area (Å²) in [7, 11) is -8.59. The largest absolute Gasteiger partial charge is 0.390 e. The minimum Gasteiger partial charge on any atom is -0.390 e. The zero-order valence-electron chi connectivity index (χ0n) is 17.8. The lowest BCUT2D eigenvalue weighted by Gasteiger charge is -2.60. The lowest BCUT2D eigenvalue weighted by molar-refractivity contribution is -0.147. The van der Waals surface area contributed by atoms with E-state index in [-0.39, 0.29) is 17.5 Å². The van der Waals surface area contributed by atoms with E-state index in [4.69, 9.17) is 14.4 Å². The molecule has 0 radical (unpaired) electrons. The first-order valence-corrected chi connectivity index (χ1v) is 14.0. The molecule has 13 heteroatoms. The number of rotatable bonds is 6. The van der Waals surface area contributed by atoms with E-state index in [0.29, 0.717) is 24.9 Å². The molecule has 1 amide bonds. The van der Waals surface area contributed by atoms with Crippen LogP contribution in [0.1, 0.15) is 51.4 Å². The van der Waals surface area contributed by atoms with Gasteiger partial charge in [0, 0.05) is 12.1 Å². The molecule has 2 unspecified atom stereocenters. The van der Waals surface area contributed by atoms with Crippen molar-refractivity contribution in [1.29, 1.82) is 5.26 Å². The second kappa shape index (κ2) is 9.15. The second-order valence-corrected chi connectivity index (χ2v) is 12.9. The number of aliphatic hydroxyl groups is 1. The maximum atomic E-state index is 12.4. The second-order valence-electron chi connectivity index (χ2n) is 9.77. The van der Waals surface area contributed by atoms with Crippen LogP contribution in [0.3, 0.4) is 0 Å². The van der Waals surface area contributed by atoms with Crippen molar-refractivity contribution in [3.63, 3.8) is 0 Å². The van der Waals surface area contributed by atoms with Gasteiger partial charge in [-0.25, -0.2) is 0 Å². The van der Waals surface area contributed by atoms with E-state index in [9.17, 15) is 26.7 Å². The van der Waals surface area contributed by atoms with Gasteiger partial charge in [-0.2, -0.15) is 22.1 Å². The average molecular weight is 494 g/mol. The zero-order chi connectivity index (χ0) is 23.8. The molecule has 0 aromatic rings. The predicted molar refractivity (Wildman–Crippen MR) is 114 cm³/mol. The lowest BCUT2D eigenvalue weighted by atomic mass is 9.51. The van der Waals surface area contributed by atoms with Crippen molar-refractivity contribution in [2.24, 2.45) is 11.8 Å². The molecule has 0 aromatic carbocycles. The minimum absolute atomic E-state index is 0.0453. The zero-order valence-corrected chi connectivity index (χ0v) is 19.4. The van der Waals surface area contributed by atoms with Gasteiger partial charge >= 0.3 is 0 Å². The molecule has 3 atom stereocenters. The molecule has 1 heterocycles. The summed E-state index contributed by atoms with van der Waals surface area (Å²) in [4.78, 5) is 14.2. The van der Waals surface area contributed by atoms with Crippen LogP contribution in [0.15, 0.2) is 0 Å². The summed E-state index contributed by atoms with van der Waals surface area (Å²) in [6, 6.07) is 1.99. The SMILES string of the molecule is N#C[C@@H]1CCCN1C(=O)CNC12CC3CC(CC(O)(C3)C1)C2.O=S(=O)(O)CCS(=O)(=O)O. The van der Waals surface area contributed by atoms with Gasteiger partial charge in [0.2, 0.25) is 5.91 Å². The number of carbonyl (C=O) groups excluding carboxylic acids is 1. The molecule has 4 aliphatic carbocycles. The molecule has 1 aliphatic heterocycles. The van der Waals surface area contributed by atoms with E-state index < -0.39 is 37.3 Å². The Morgan fingerprint density at radius 3 is 2.09 bits per heavy atom. The van der Waals surface area contributed by atoms with Crippen molar-refractivity contribution in [2.45, 2.75) is 68.5 Å². The van der Waals surface area contributed by atoms with Crippen LogP contribution in [0, 0.1) is 23.2 Å². The summed E-state index contributed by atoms with van der Waals surface area (Å²) < 4.78 is 55.4. The molecule has 5 rings (SSSR count). The van der Waals surface area contributed by atoms with Crippen LogP contribution in [0.4, 0.5) is 0 Å². The summed E-state index contributed by atoms with van der Waals surface area (Å²) in [5, 5.41) is 23.4. The Kier molecular flexibility index (Phi) is 7.24. The molecule has 0 spiro atoms. The summed E-state index contributed by atoms with van der Waals surface area (Å²) in [5.41, 5.74) is -0.542. The van der Waals surface area contributed by atoms with Gasteiger partial charge in [0.25, 0.3) is 20.2 Å². The van der Waals surface area contributed by atoms with Crippen LogP contribution in [0.5, 0.6) is 0 Å². The molecule has 4 N–H and O–H groups in total. The Balaban J connectivity index is 0.000000247. The predicted octanol–water partition coefficient (Wildman–Crippen LogP) is -0.0637. The average Bonchev–Trinajstić information content (AvgIpc) is 3.11. The van der Waals surface area contributed by atoms with Crippen molar-refractivity contribution in [2.75, 3.05) is 24.6 Å². The van der Waals surface area contributed by atoms with Crippen molar-refractivity contribution in [1.82, 2.24) is 10.2 Å². The van der Waals surface area contributed by atoms with Crippen LogP contribution in [-0.2, 0) is 25.0 Å². The third-order valence-electron chi connectivity index (χ3n) is 6.97. The van der Waals surface area contributed by atoms with E-state index in [2.05, 4.69) is 11.4 Å². The molecule has 5 fully saturated rings. The Morgan fingerprint density at radius 2 is 1.62 bits per heavy atom. The van der Waals surface area contributed by atoms with Crippen LogP contribution >= 0.6 is 0 Å². The monoisotopic (exact) mass is 493 g/mol. The third-order valence-corrected chi connectivity index (χ3v) is 8.66. The first-order chi connectivity index (χ1) is 14.7. The fourth-order valence-corrected chi connectivity index (χ4v) is 7.88. The summed E-state index contributed by atoms with van der Waals surface area (Å²) in [6.07, 6.45) is 7.87. The molecule has 1 saturated heterocycles. The number of likely N-dealkylation sites (tertiary alicyclic amines) is 1. The van der Waals surface area contributed by atoms with Crippen molar-refractivity contribution >= 4 is 26.1 Å². The van der Waals surface area contributed by atoms with Crippen molar-refractivity contribution in [3.05, 3.63) is 0 Å². The first kappa shape index (κ1) is 25.3.